The first-order valence-electron chi connectivity index (χ1n) is 13.8. The predicted molar refractivity (Wildman–Crippen MR) is 153 cm³/mol. The van der Waals surface area contributed by atoms with Crippen molar-refractivity contribution >= 4 is 23.2 Å². The highest BCUT2D eigenvalue weighted by Crippen LogP contribution is 2.37. The molecular formula is C30H27F8N5O4. The number of benzene rings is 1. The molecule has 0 aliphatic rings. The zero-order chi connectivity index (χ0) is 35.0. The Labute approximate surface area is 261 Å². The third-order valence-corrected chi connectivity index (χ3v) is 7.50. The number of ether oxygens (including phenoxy) is 1. The van der Waals surface area contributed by atoms with E-state index < -0.39 is 88.7 Å². The van der Waals surface area contributed by atoms with E-state index in [9.17, 15) is 49.5 Å². The van der Waals surface area contributed by atoms with Gasteiger partial charge < -0.3 is 24.3 Å². The molecular weight excluding hydrogens is 646 g/mol. The van der Waals surface area contributed by atoms with E-state index in [4.69, 9.17) is 4.74 Å². The number of nitrogens with one attached hydrogen (secondary N) is 2. The minimum absolute atomic E-state index is 0.0592. The van der Waals surface area contributed by atoms with E-state index in [1.54, 1.807) is 0 Å². The topological polar surface area (TPSA) is 107 Å². The number of pyridine rings is 2. The summed E-state index contributed by atoms with van der Waals surface area (Å²) >= 11 is 0. The predicted octanol–water partition coefficient (Wildman–Crippen LogP) is 5.57. The van der Waals surface area contributed by atoms with Gasteiger partial charge in [0.05, 0.1) is 18.2 Å². The first-order valence-corrected chi connectivity index (χ1v) is 13.8. The van der Waals surface area contributed by atoms with E-state index in [0.29, 0.717) is 12.1 Å². The van der Waals surface area contributed by atoms with E-state index >= 15 is 0 Å². The highest BCUT2D eigenvalue weighted by molar-refractivity contribution is 5.97. The van der Waals surface area contributed by atoms with Gasteiger partial charge in [0.2, 0.25) is 0 Å². The summed E-state index contributed by atoms with van der Waals surface area (Å²) in [5.74, 6) is -5.56. The number of rotatable bonds is 9. The summed E-state index contributed by atoms with van der Waals surface area (Å²) in [5, 5.41) is 4.10. The smallest absolute Gasteiger partial charge is 0.417 e. The van der Waals surface area contributed by atoms with E-state index in [1.807, 2.05) is 5.32 Å². The molecule has 3 aromatic heterocycles. The van der Waals surface area contributed by atoms with Gasteiger partial charge in [-0.1, -0.05) is 6.92 Å². The van der Waals surface area contributed by atoms with Crippen molar-refractivity contribution in [2.75, 3.05) is 12.4 Å². The van der Waals surface area contributed by atoms with Crippen LogP contribution in [0, 0.1) is 18.6 Å². The van der Waals surface area contributed by atoms with Gasteiger partial charge in [0.15, 0.2) is 0 Å². The number of methoxy groups -OCH3 is 1. The summed E-state index contributed by atoms with van der Waals surface area (Å²) < 4.78 is 118. The zero-order valence-corrected chi connectivity index (χ0v) is 25.1. The van der Waals surface area contributed by atoms with Gasteiger partial charge in [-0.3, -0.25) is 9.59 Å². The van der Waals surface area contributed by atoms with Gasteiger partial charge in [-0.25, -0.2) is 18.6 Å². The lowest BCUT2D eigenvalue weighted by Crippen LogP contribution is -2.44. The number of fused-ring (bicyclic) bond motifs is 1. The fourth-order valence-electron chi connectivity index (χ4n) is 5.00. The van der Waals surface area contributed by atoms with Crippen LogP contribution in [0.5, 0.6) is 0 Å². The third-order valence-electron chi connectivity index (χ3n) is 7.50. The van der Waals surface area contributed by atoms with Gasteiger partial charge >= 0.3 is 18.3 Å². The molecule has 0 spiro atoms. The number of esters is 1. The summed E-state index contributed by atoms with van der Waals surface area (Å²) in [5.41, 5.74) is -4.64. The number of amides is 1. The number of carbonyl (C=O) groups is 2. The molecule has 0 aliphatic carbocycles. The van der Waals surface area contributed by atoms with Gasteiger partial charge in [0.25, 0.3) is 11.5 Å². The van der Waals surface area contributed by atoms with Crippen LogP contribution in [0.4, 0.5) is 40.8 Å². The maximum atomic E-state index is 14.9. The second-order valence-electron chi connectivity index (χ2n) is 10.5. The Morgan fingerprint density at radius 3 is 2.23 bits per heavy atom. The Bertz CT molecular complexity index is 1880. The summed E-state index contributed by atoms with van der Waals surface area (Å²) in [6.07, 6.45) is -7.96. The summed E-state index contributed by atoms with van der Waals surface area (Å²) in [6, 6.07) is 0.545. The third kappa shape index (κ3) is 7.07. The van der Waals surface area contributed by atoms with Crippen molar-refractivity contribution in [1.82, 2.24) is 19.3 Å². The number of hydrogen-bond donors (Lipinski definition) is 2. The van der Waals surface area contributed by atoms with Crippen molar-refractivity contribution in [2.45, 2.75) is 51.1 Å². The second kappa shape index (κ2) is 13.0. The number of alkyl halides is 6. The highest BCUT2D eigenvalue weighted by Gasteiger charge is 2.39. The van der Waals surface area contributed by atoms with Crippen LogP contribution in [0.15, 0.2) is 47.5 Å². The number of carbonyl (C=O) groups excluding carboxylic acids is 2. The first-order chi connectivity index (χ1) is 21.9. The number of aryl methyl sites for hydroxylation is 1. The average molecular weight is 674 g/mol. The molecule has 252 valence electrons. The molecule has 1 amide bonds. The van der Waals surface area contributed by atoms with Gasteiger partial charge in [-0.15, -0.1) is 0 Å². The van der Waals surface area contributed by atoms with Crippen LogP contribution in [0.2, 0.25) is 0 Å². The van der Waals surface area contributed by atoms with Gasteiger partial charge in [0.1, 0.15) is 34.9 Å². The summed E-state index contributed by atoms with van der Waals surface area (Å²) in [4.78, 5) is 42.8. The van der Waals surface area contributed by atoms with E-state index in [1.165, 1.54) is 49.8 Å². The quantitative estimate of drug-likeness (QED) is 0.178. The SMILES string of the molecule is CC[C@@H](Nc1cc(F)c(C(=O)N[C@@H](Cc2ccc(-c3c(C(F)(F)F)cc(C)n(C)c3=O)c3nccn23)C(=O)OC)c(F)c1)C(F)(F)F. The Morgan fingerprint density at radius 1 is 1.04 bits per heavy atom. The first kappa shape index (κ1) is 34.9. The van der Waals surface area contributed by atoms with Crippen LogP contribution in [0.3, 0.4) is 0 Å². The average Bonchev–Trinajstić information content (AvgIpc) is 3.47. The molecule has 4 rings (SSSR count). The molecule has 4 aromatic rings. The molecule has 0 bridgehead atoms. The van der Waals surface area contributed by atoms with Crippen molar-refractivity contribution in [1.29, 1.82) is 0 Å². The number of imidazole rings is 1. The van der Waals surface area contributed by atoms with Gasteiger partial charge in [-0.2, -0.15) is 26.3 Å². The molecule has 0 aliphatic heterocycles. The minimum atomic E-state index is -4.90. The molecule has 0 unspecified atom stereocenters. The monoisotopic (exact) mass is 673 g/mol. The van der Waals surface area contributed by atoms with Crippen molar-refractivity contribution in [3.05, 3.63) is 87.2 Å². The Kier molecular flexibility index (Phi) is 9.68. The lowest BCUT2D eigenvalue weighted by molar-refractivity contribution is -0.143. The van der Waals surface area contributed by atoms with Crippen LogP contribution in [-0.2, 0) is 29.2 Å². The molecule has 3 heterocycles. The normalized spacial score (nSPS) is 13.4. The Hall–Kier alpha value is -4.96. The van der Waals surface area contributed by atoms with Gasteiger partial charge in [0, 0.05) is 48.5 Å². The lowest BCUT2D eigenvalue weighted by atomic mass is 9.99. The fraction of sp³-hybridized carbons (Fsp3) is 0.333. The van der Waals surface area contributed by atoms with Crippen LogP contribution >= 0.6 is 0 Å². The molecule has 2 atom stereocenters. The molecule has 0 fully saturated rings. The molecule has 0 saturated carbocycles. The van der Waals surface area contributed by atoms with E-state index in [2.05, 4.69) is 10.3 Å². The zero-order valence-electron chi connectivity index (χ0n) is 25.1. The van der Waals surface area contributed by atoms with Crippen LogP contribution in [0.25, 0.3) is 16.8 Å². The Balaban J connectivity index is 1.69. The molecule has 47 heavy (non-hydrogen) atoms. The van der Waals surface area contributed by atoms with Gasteiger partial charge in [-0.05, 0) is 43.7 Å². The largest absolute Gasteiger partial charge is 0.467 e. The second-order valence-corrected chi connectivity index (χ2v) is 10.5. The molecule has 17 heteroatoms. The van der Waals surface area contributed by atoms with Crippen molar-refractivity contribution in [2.24, 2.45) is 7.05 Å². The maximum absolute atomic E-state index is 14.9. The number of aromatic nitrogens is 3. The standard InChI is InChI=1S/C30H27F8N5O4/c1-5-22(30(36,37)38)40-15-11-19(31)24(20(32)12-15)26(44)41-21(28(46)47-4)13-16-6-7-17(25-39-8-9-43(16)25)23-18(29(33,34)35)10-14(2)42(3)27(23)45/h6-12,21-22,40H,5,13H2,1-4H3,(H,41,44)/t21-,22+/m0/s1. The summed E-state index contributed by atoms with van der Waals surface area (Å²) in [6.45, 7) is 2.55. The van der Waals surface area contributed by atoms with E-state index in [-0.39, 0.29) is 22.6 Å². The van der Waals surface area contributed by atoms with Crippen LogP contribution in [-0.4, -0.2) is 51.2 Å². The number of hydrogen-bond acceptors (Lipinski definition) is 6. The molecule has 9 nitrogen and oxygen atoms in total. The minimum Gasteiger partial charge on any atom is -0.467 e. The van der Waals surface area contributed by atoms with Crippen molar-refractivity contribution < 1.29 is 49.4 Å². The maximum Gasteiger partial charge on any atom is 0.417 e. The molecule has 2 N–H and O–H groups in total. The molecule has 0 radical (unpaired) electrons. The van der Waals surface area contributed by atoms with E-state index in [0.717, 1.165) is 17.7 Å². The summed E-state index contributed by atoms with van der Waals surface area (Å²) in [7, 11) is 2.28. The molecule has 1 aromatic carbocycles. The Morgan fingerprint density at radius 2 is 1.68 bits per heavy atom. The van der Waals surface area contributed by atoms with Crippen molar-refractivity contribution in [3.8, 4) is 11.1 Å². The number of anilines is 1. The lowest BCUT2D eigenvalue weighted by Gasteiger charge is -2.22. The van der Waals surface area contributed by atoms with Crippen LogP contribution < -0.4 is 16.2 Å². The highest BCUT2D eigenvalue weighted by atomic mass is 19.4. The number of halogens is 8. The van der Waals surface area contributed by atoms with Crippen molar-refractivity contribution in [3.63, 3.8) is 0 Å². The van der Waals surface area contributed by atoms with Crippen LogP contribution in [0.1, 0.15) is 40.7 Å². The molecule has 0 saturated heterocycles. The number of nitrogens with zero attached hydrogens (tertiary/aromatic N) is 3. The fourth-order valence-corrected chi connectivity index (χ4v) is 5.00.